The van der Waals surface area contributed by atoms with Crippen molar-refractivity contribution in [1.82, 2.24) is 0 Å². The molecule has 0 spiro atoms. The fourth-order valence-electron chi connectivity index (χ4n) is 6.78. The Kier molecular flexibility index (Phi) is 6.55. The summed E-state index contributed by atoms with van der Waals surface area (Å²) in [6.45, 7) is 13.2. The lowest BCUT2D eigenvalue weighted by Gasteiger charge is -2.19. The van der Waals surface area contributed by atoms with Crippen LogP contribution in [0.3, 0.4) is 0 Å². The molecule has 0 aliphatic carbocycles. The fourth-order valence-corrected chi connectivity index (χ4v) is 6.78. The highest BCUT2D eigenvalue weighted by atomic mass is 16.4. The van der Waals surface area contributed by atoms with Crippen LogP contribution in [0.25, 0.3) is 76.5 Å². The summed E-state index contributed by atoms with van der Waals surface area (Å²) in [5, 5.41) is 7.99. The lowest BCUT2D eigenvalue weighted by Crippen LogP contribution is -2.10. The molecular formula is C44H36O4. The van der Waals surface area contributed by atoms with E-state index in [9.17, 15) is 9.59 Å². The van der Waals surface area contributed by atoms with Crippen LogP contribution in [-0.4, -0.2) is 0 Å². The van der Waals surface area contributed by atoms with Gasteiger partial charge in [0.25, 0.3) is 0 Å². The molecular weight excluding hydrogens is 592 g/mol. The van der Waals surface area contributed by atoms with Crippen LogP contribution in [0, 0.1) is 0 Å². The molecule has 4 heteroatoms. The van der Waals surface area contributed by atoms with E-state index in [1.165, 1.54) is 11.1 Å². The monoisotopic (exact) mass is 628 g/mol. The first-order valence-corrected chi connectivity index (χ1v) is 16.4. The van der Waals surface area contributed by atoms with Gasteiger partial charge < -0.3 is 8.83 Å². The standard InChI is InChI=1S/C44H36O4/c1-43(2,3)31-13-15-33-28(21-31)11-17-39-37(33)23-35(41(45)47-39)26-9-7-25-8-10-27(20-30(25)19-26)36-24-38-34-16-14-32(44(4,5)6)22-29(34)12-18-40(38)48-42(36)46/h7-24H,1-6H3. The van der Waals surface area contributed by atoms with Gasteiger partial charge in [-0.3, -0.25) is 0 Å². The van der Waals surface area contributed by atoms with Gasteiger partial charge in [-0.15, -0.1) is 0 Å². The van der Waals surface area contributed by atoms with E-state index < -0.39 is 0 Å². The van der Waals surface area contributed by atoms with E-state index in [-0.39, 0.29) is 22.1 Å². The molecule has 48 heavy (non-hydrogen) atoms. The summed E-state index contributed by atoms with van der Waals surface area (Å²) in [6.07, 6.45) is 0. The van der Waals surface area contributed by atoms with Gasteiger partial charge in [0.1, 0.15) is 11.2 Å². The number of rotatable bonds is 2. The van der Waals surface area contributed by atoms with E-state index in [1.807, 2.05) is 72.8 Å². The molecule has 0 saturated heterocycles. The van der Waals surface area contributed by atoms with Crippen molar-refractivity contribution in [1.29, 1.82) is 0 Å². The van der Waals surface area contributed by atoms with Crippen LogP contribution in [0.15, 0.2) is 128 Å². The quantitative estimate of drug-likeness (QED) is 0.141. The lowest BCUT2D eigenvalue weighted by atomic mass is 9.85. The minimum atomic E-state index is -0.389. The maximum atomic E-state index is 13.3. The van der Waals surface area contributed by atoms with Crippen LogP contribution in [0.2, 0.25) is 0 Å². The Morgan fingerprint density at radius 3 is 1.23 bits per heavy atom. The number of fused-ring (bicyclic) bond motifs is 7. The summed E-state index contributed by atoms with van der Waals surface area (Å²) >= 11 is 0. The van der Waals surface area contributed by atoms with Crippen molar-refractivity contribution in [2.45, 2.75) is 52.4 Å². The van der Waals surface area contributed by atoms with Gasteiger partial charge in [0.15, 0.2) is 0 Å². The second kappa shape index (κ2) is 10.5. The smallest absolute Gasteiger partial charge is 0.344 e. The van der Waals surface area contributed by atoms with Crippen LogP contribution < -0.4 is 11.3 Å². The minimum Gasteiger partial charge on any atom is -0.422 e. The third kappa shape index (κ3) is 5.00. The van der Waals surface area contributed by atoms with Crippen LogP contribution in [0.5, 0.6) is 0 Å². The first-order chi connectivity index (χ1) is 22.8. The van der Waals surface area contributed by atoms with Crippen LogP contribution >= 0.6 is 0 Å². The van der Waals surface area contributed by atoms with Crippen LogP contribution in [0.1, 0.15) is 52.7 Å². The molecule has 8 rings (SSSR count). The van der Waals surface area contributed by atoms with Gasteiger partial charge in [-0.1, -0.05) is 114 Å². The zero-order valence-corrected chi connectivity index (χ0v) is 28.0. The number of hydrogen-bond donors (Lipinski definition) is 0. The average Bonchev–Trinajstić information content (AvgIpc) is 3.05. The molecule has 0 fully saturated rings. The summed E-state index contributed by atoms with van der Waals surface area (Å²) in [6, 6.07) is 36.5. The highest BCUT2D eigenvalue weighted by molar-refractivity contribution is 6.08. The van der Waals surface area contributed by atoms with E-state index in [0.717, 1.165) is 54.2 Å². The van der Waals surface area contributed by atoms with Gasteiger partial charge in [0.05, 0.1) is 11.1 Å². The topological polar surface area (TPSA) is 60.4 Å². The Morgan fingerprint density at radius 2 is 0.812 bits per heavy atom. The molecule has 0 saturated carbocycles. The maximum Gasteiger partial charge on any atom is 0.344 e. The first-order valence-electron chi connectivity index (χ1n) is 16.4. The second-order valence-corrected chi connectivity index (χ2v) is 15.0. The summed E-state index contributed by atoms with van der Waals surface area (Å²) < 4.78 is 11.7. The number of benzene rings is 6. The highest BCUT2D eigenvalue weighted by Crippen LogP contribution is 2.35. The average molecular weight is 629 g/mol. The third-order valence-electron chi connectivity index (χ3n) is 9.66. The second-order valence-electron chi connectivity index (χ2n) is 15.0. The normalized spacial score (nSPS) is 12.5. The zero-order chi connectivity index (χ0) is 33.5. The Hall–Kier alpha value is -5.48. The van der Waals surface area contributed by atoms with Gasteiger partial charge >= 0.3 is 11.3 Å². The molecule has 0 unspecified atom stereocenters. The van der Waals surface area contributed by atoms with E-state index in [4.69, 9.17) is 8.83 Å². The minimum absolute atomic E-state index is 0.0270. The van der Waals surface area contributed by atoms with Gasteiger partial charge in [-0.2, -0.15) is 0 Å². The zero-order valence-electron chi connectivity index (χ0n) is 28.0. The molecule has 6 aromatic carbocycles. The largest absolute Gasteiger partial charge is 0.422 e. The van der Waals surface area contributed by atoms with Gasteiger partial charge in [0.2, 0.25) is 0 Å². The van der Waals surface area contributed by atoms with E-state index in [1.54, 1.807) is 0 Å². The molecule has 4 nitrogen and oxygen atoms in total. The fraction of sp³-hybridized carbons (Fsp3) is 0.182. The van der Waals surface area contributed by atoms with Crippen molar-refractivity contribution in [3.8, 4) is 22.3 Å². The van der Waals surface area contributed by atoms with E-state index in [2.05, 4.69) is 77.9 Å². The molecule has 2 heterocycles. The summed E-state index contributed by atoms with van der Waals surface area (Å²) in [4.78, 5) is 26.6. The molecule has 2 aromatic heterocycles. The summed E-state index contributed by atoms with van der Waals surface area (Å²) in [5.41, 5.74) is 5.40. The SMILES string of the molecule is CC(C)(C)c1ccc2c(ccc3oc(=O)c(-c4ccc5ccc(-c6cc7c(ccc8cc(C(C)(C)C)ccc87)oc6=O)cc5c4)cc32)c1. The molecule has 8 aromatic rings. The molecule has 0 aliphatic rings. The van der Waals surface area contributed by atoms with Crippen LogP contribution in [-0.2, 0) is 10.8 Å². The molecule has 0 atom stereocenters. The maximum absolute atomic E-state index is 13.3. The predicted molar refractivity (Wildman–Crippen MR) is 199 cm³/mol. The summed E-state index contributed by atoms with van der Waals surface area (Å²) in [5.74, 6) is 0. The molecule has 0 radical (unpaired) electrons. The molecule has 0 amide bonds. The van der Waals surface area contributed by atoms with Crippen LogP contribution in [0.4, 0.5) is 0 Å². The van der Waals surface area contributed by atoms with Gasteiger partial charge in [-0.25, -0.2) is 9.59 Å². The van der Waals surface area contributed by atoms with Gasteiger partial charge in [-0.05, 0) is 102 Å². The molecule has 236 valence electrons. The van der Waals surface area contributed by atoms with Crippen molar-refractivity contribution in [2.24, 2.45) is 0 Å². The Balaban J connectivity index is 1.25. The Labute approximate surface area is 278 Å². The van der Waals surface area contributed by atoms with E-state index >= 15 is 0 Å². The Bertz CT molecular complexity index is 2540. The number of hydrogen-bond acceptors (Lipinski definition) is 4. The highest BCUT2D eigenvalue weighted by Gasteiger charge is 2.18. The predicted octanol–water partition coefficient (Wildman–Crippen LogP) is 11.3. The lowest BCUT2D eigenvalue weighted by molar-refractivity contribution is 0.563. The molecule has 0 aliphatic heterocycles. The van der Waals surface area contributed by atoms with Crippen molar-refractivity contribution < 1.29 is 8.83 Å². The van der Waals surface area contributed by atoms with E-state index in [0.29, 0.717) is 22.3 Å². The van der Waals surface area contributed by atoms with Crippen molar-refractivity contribution >= 4 is 54.3 Å². The third-order valence-corrected chi connectivity index (χ3v) is 9.66. The van der Waals surface area contributed by atoms with Crippen molar-refractivity contribution in [3.63, 3.8) is 0 Å². The summed E-state index contributed by atoms with van der Waals surface area (Å²) in [7, 11) is 0. The van der Waals surface area contributed by atoms with Crippen molar-refractivity contribution in [2.75, 3.05) is 0 Å². The van der Waals surface area contributed by atoms with Gasteiger partial charge in [0, 0.05) is 10.8 Å². The molecule has 0 bridgehead atoms. The first kappa shape index (κ1) is 29.9. The Morgan fingerprint density at radius 1 is 0.396 bits per heavy atom. The van der Waals surface area contributed by atoms with Crippen molar-refractivity contribution in [3.05, 3.63) is 141 Å². The molecule has 0 N–H and O–H groups in total.